The van der Waals surface area contributed by atoms with Gasteiger partial charge in [0.2, 0.25) is 5.91 Å². The van der Waals surface area contributed by atoms with Crippen LogP contribution in [0.15, 0.2) is 18.2 Å². The summed E-state index contributed by atoms with van der Waals surface area (Å²) < 4.78 is 0. The number of aryl methyl sites for hydroxylation is 2. The second kappa shape index (κ2) is 7.11. The number of carbonyl (C=O) groups excluding carboxylic acids is 2. The first-order valence-electron chi connectivity index (χ1n) is 7.50. The van der Waals surface area contributed by atoms with Gasteiger partial charge in [-0.05, 0) is 49.3 Å². The van der Waals surface area contributed by atoms with E-state index < -0.39 is 0 Å². The molecule has 3 amide bonds. The monoisotopic (exact) mass is 289 g/mol. The number of hydrogen-bond acceptors (Lipinski definition) is 2. The molecule has 4 N–H and O–H groups in total. The topological polar surface area (TPSA) is 84.2 Å². The molecule has 0 fully saturated rings. The summed E-state index contributed by atoms with van der Waals surface area (Å²) in [5, 5.41) is 5.64. The van der Waals surface area contributed by atoms with Crippen molar-refractivity contribution in [2.75, 3.05) is 6.54 Å². The standard InChI is InChI=1S/C16H23N3O2/c1-11(19-16(21)18-9-3-6-15(17)20)13-8-7-12-4-2-5-14(12)10-13/h7-8,10-11H,2-6,9H2,1H3,(H2,17,20)(H2,18,19,21). The minimum absolute atomic E-state index is 0.0351. The number of carbonyl (C=O) groups is 2. The summed E-state index contributed by atoms with van der Waals surface area (Å²) in [7, 11) is 0. The van der Waals surface area contributed by atoms with Crippen molar-refractivity contribution in [1.29, 1.82) is 0 Å². The van der Waals surface area contributed by atoms with Gasteiger partial charge in [0.25, 0.3) is 0 Å². The van der Waals surface area contributed by atoms with Crippen LogP contribution >= 0.6 is 0 Å². The summed E-state index contributed by atoms with van der Waals surface area (Å²) in [4.78, 5) is 22.4. The van der Waals surface area contributed by atoms with Gasteiger partial charge >= 0.3 is 6.03 Å². The molecule has 1 unspecified atom stereocenters. The zero-order valence-electron chi connectivity index (χ0n) is 12.4. The molecule has 0 heterocycles. The fraction of sp³-hybridized carbons (Fsp3) is 0.500. The largest absolute Gasteiger partial charge is 0.370 e. The van der Waals surface area contributed by atoms with Gasteiger partial charge in [-0.2, -0.15) is 0 Å². The van der Waals surface area contributed by atoms with Gasteiger partial charge in [0, 0.05) is 13.0 Å². The van der Waals surface area contributed by atoms with Gasteiger partial charge in [0.05, 0.1) is 6.04 Å². The molecule has 5 heteroatoms. The normalized spacial score (nSPS) is 14.3. The van der Waals surface area contributed by atoms with Crippen LogP contribution in [0, 0.1) is 0 Å². The Labute approximate surface area is 125 Å². The van der Waals surface area contributed by atoms with E-state index in [1.807, 2.05) is 6.92 Å². The first kappa shape index (κ1) is 15.4. The smallest absolute Gasteiger partial charge is 0.315 e. The van der Waals surface area contributed by atoms with E-state index in [9.17, 15) is 9.59 Å². The lowest BCUT2D eigenvalue weighted by Crippen LogP contribution is -2.37. The second-order valence-corrected chi connectivity index (χ2v) is 5.57. The molecule has 1 aromatic rings. The van der Waals surface area contributed by atoms with Crippen molar-refractivity contribution >= 4 is 11.9 Å². The van der Waals surface area contributed by atoms with Crippen molar-refractivity contribution in [3.05, 3.63) is 34.9 Å². The first-order valence-corrected chi connectivity index (χ1v) is 7.50. The Bertz CT molecular complexity index is 528. The van der Waals surface area contributed by atoms with Crippen LogP contribution in [0.5, 0.6) is 0 Å². The van der Waals surface area contributed by atoms with Crippen LogP contribution in [0.4, 0.5) is 4.79 Å². The van der Waals surface area contributed by atoms with Crippen molar-refractivity contribution in [3.63, 3.8) is 0 Å². The molecule has 0 aliphatic heterocycles. The number of benzene rings is 1. The highest BCUT2D eigenvalue weighted by Crippen LogP contribution is 2.25. The molecule has 1 aromatic carbocycles. The highest BCUT2D eigenvalue weighted by atomic mass is 16.2. The molecular weight excluding hydrogens is 266 g/mol. The van der Waals surface area contributed by atoms with Gasteiger partial charge < -0.3 is 16.4 Å². The molecule has 0 saturated carbocycles. The van der Waals surface area contributed by atoms with Crippen LogP contribution in [0.25, 0.3) is 0 Å². The Hall–Kier alpha value is -2.04. The molecule has 1 atom stereocenters. The number of amides is 3. The maximum Gasteiger partial charge on any atom is 0.315 e. The Morgan fingerprint density at radius 1 is 1.29 bits per heavy atom. The van der Waals surface area contributed by atoms with E-state index >= 15 is 0 Å². The van der Waals surface area contributed by atoms with E-state index in [0.29, 0.717) is 19.4 Å². The molecule has 1 aliphatic rings. The molecule has 0 spiro atoms. The fourth-order valence-corrected chi connectivity index (χ4v) is 2.66. The van der Waals surface area contributed by atoms with E-state index in [1.165, 1.54) is 17.5 Å². The number of primary amides is 1. The third kappa shape index (κ3) is 4.48. The van der Waals surface area contributed by atoms with E-state index in [-0.39, 0.29) is 18.0 Å². The average molecular weight is 289 g/mol. The maximum absolute atomic E-state index is 11.8. The van der Waals surface area contributed by atoms with Crippen molar-refractivity contribution in [3.8, 4) is 0 Å². The van der Waals surface area contributed by atoms with Crippen molar-refractivity contribution in [1.82, 2.24) is 10.6 Å². The van der Waals surface area contributed by atoms with Gasteiger partial charge in [0.15, 0.2) is 0 Å². The summed E-state index contributed by atoms with van der Waals surface area (Å²) in [6.07, 6.45) is 4.38. The van der Waals surface area contributed by atoms with Gasteiger partial charge in [-0.3, -0.25) is 4.79 Å². The van der Waals surface area contributed by atoms with Gasteiger partial charge in [-0.25, -0.2) is 4.79 Å². The molecular formula is C16H23N3O2. The number of hydrogen-bond donors (Lipinski definition) is 3. The molecule has 0 bridgehead atoms. The van der Waals surface area contributed by atoms with E-state index in [0.717, 1.165) is 18.4 Å². The third-order valence-electron chi connectivity index (χ3n) is 3.86. The summed E-state index contributed by atoms with van der Waals surface area (Å²) >= 11 is 0. The van der Waals surface area contributed by atoms with E-state index in [2.05, 4.69) is 28.8 Å². The Morgan fingerprint density at radius 2 is 2.05 bits per heavy atom. The molecule has 0 aromatic heterocycles. The zero-order valence-corrected chi connectivity index (χ0v) is 12.4. The number of nitrogens with two attached hydrogens (primary N) is 1. The zero-order chi connectivity index (χ0) is 15.2. The van der Waals surface area contributed by atoms with Crippen LogP contribution in [-0.2, 0) is 17.6 Å². The number of urea groups is 1. The van der Waals surface area contributed by atoms with Gasteiger partial charge in [-0.1, -0.05) is 18.2 Å². The SMILES string of the molecule is CC(NC(=O)NCCCC(N)=O)c1ccc2c(c1)CCC2. The average Bonchev–Trinajstić information content (AvgIpc) is 2.90. The number of rotatable bonds is 6. The van der Waals surface area contributed by atoms with E-state index in [4.69, 9.17) is 5.73 Å². The van der Waals surface area contributed by atoms with Crippen LogP contribution in [-0.4, -0.2) is 18.5 Å². The van der Waals surface area contributed by atoms with Crippen molar-refractivity contribution in [2.24, 2.45) is 5.73 Å². The fourth-order valence-electron chi connectivity index (χ4n) is 2.66. The predicted molar refractivity (Wildman–Crippen MR) is 81.8 cm³/mol. The minimum Gasteiger partial charge on any atom is -0.370 e. The quantitative estimate of drug-likeness (QED) is 0.698. The summed E-state index contributed by atoms with van der Waals surface area (Å²) in [6, 6.07) is 6.20. The molecule has 1 aliphatic carbocycles. The predicted octanol–water partition coefficient (Wildman–Crippen LogP) is 1.80. The van der Waals surface area contributed by atoms with Gasteiger partial charge in [0.1, 0.15) is 0 Å². The lowest BCUT2D eigenvalue weighted by Gasteiger charge is -2.16. The second-order valence-electron chi connectivity index (χ2n) is 5.57. The van der Waals surface area contributed by atoms with Crippen LogP contribution in [0.3, 0.4) is 0 Å². The molecule has 2 rings (SSSR count). The lowest BCUT2D eigenvalue weighted by atomic mass is 10.0. The summed E-state index contributed by atoms with van der Waals surface area (Å²) in [5.41, 5.74) is 9.01. The highest BCUT2D eigenvalue weighted by Gasteiger charge is 2.14. The number of fused-ring (bicyclic) bond motifs is 1. The summed E-state index contributed by atoms with van der Waals surface area (Å²) in [6.45, 7) is 2.42. The molecule has 21 heavy (non-hydrogen) atoms. The summed E-state index contributed by atoms with van der Waals surface area (Å²) in [5.74, 6) is -0.344. The van der Waals surface area contributed by atoms with E-state index in [1.54, 1.807) is 0 Å². The molecule has 114 valence electrons. The van der Waals surface area contributed by atoms with Crippen LogP contribution in [0.2, 0.25) is 0 Å². The molecule has 5 nitrogen and oxygen atoms in total. The Balaban J connectivity index is 1.79. The third-order valence-corrected chi connectivity index (χ3v) is 3.86. The highest BCUT2D eigenvalue weighted by molar-refractivity contribution is 5.75. The van der Waals surface area contributed by atoms with Gasteiger partial charge in [-0.15, -0.1) is 0 Å². The maximum atomic E-state index is 11.8. The number of nitrogens with one attached hydrogen (secondary N) is 2. The Kier molecular flexibility index (Phi) is 5.20. The van der Waals surface area contributed by atoms with Crippen LogP contribution in [0.1, 0.15) is 48.9 Å². The Morgan fingerprint density at radius 3 is 2.81 bits per heavy atom. The first-order chi connectivity index (χ1) is 10.1. The lowest BCUT2D eigenvalue weighted by molar-refractivity contribution is -0.118. The molecule has 0 saturated heterocycles. The molecule has 0 radical (unpaired) electrons. The minimum atomic E-state index is -0.344. The van der Waals surface area contributed by atoms with Crippen molar-refractivity contribution in [2.45, 2.75) is 45.1 Å². The van der Waals surface area contributed by atoms with Crippen LogP contribution < -0.4 is 16.4 Å². The van der Waals surface area contributed by atoms with Crippen molar-refractivity contribution < 1.29 is 9.59 Å².